The van der Waals surface area contributed by atoms with Crippen LogP contribution in [0.4, 0.5) is 0 Å². The van der Waals surface area contributed by atoms with Crippen molar-refractivity contribution in [2.24, 2.45) is 0 Å². The second kappa shape index (κ2) is 9.08. The lowest BCUT2D eigenvalue weighted by Gasteiger charge is -2.05. The van der Waals surface area contributed by atoms with Gasteiger partial charge in [0.05, 0.1) is 18.2 Å². The average molecular weight is 275 g/mol. The van der Waals surface area contributed by atoms with Gasteiger partial charge in [-0.15, -0.1) is 0 Å². The molecule has 1 aromatic heterocycles. The molecular weight excluding hydrogens is 250 g/mol. The summed E-state index contributed by atoms with van der Waals surface area (Å²) in [6, 6.07) is 5.63. The van der Waals surface area contributed by atoms with E-state index >= 15 is 0 Å². The number of hydrogen-bond acceptors (Lipinski definition) is 3. The van der Waals surface area contributed by atoms with Gasteiger partial charge >= 0.3 is 5.97 Å². The van der Waals surface area contributed by atoms with E-state index in [4.69, 9.17) is 4.74 Å². The summed E-state index contributed by atoms with van der Waals surface area (Å²) in [7, 11) is 1.39. The predicted octanol–water partition coefficient (Wildman–Crippen LogP) is 4.69. The van der Waals surface area contributed by atoms with Crippen LogP contribution in [-0.4, -0.2) is 18.1 Å². The van der Waals surface area contributed by atoms with Crippen molar-refractivity contribution >= 4 is 16.9 Å². The van der Waals surface area contributed by atoms with Crippen LogP contribution in [0.3, 0.4) is 0 Å². The molecule has 0 radical (unpaired) electrons. The van der Waals surface area contributed by atoms with Crippen molar-refractivity contribution < 1.29 is 9.53 Å². The number of esters is 1. The van der Waals surface area contributed by atoms with E-state index < -0.39 is 0 Å². The molecule has 0 aliphatic heterocycles. The van der Waals surface area contributed by atoms with Gasteiger partial charge in [-0.3, -0.25) is 4.98 Å². The zero-order chi connectivity index (χ0) is 15.7. The minimum absolute atomic E-state index is 0.313. The lowest BCUT2D eigenvalue weighted by atomic mass is 10.1. The number of hydrogen-bond donors (Lipinski definition) is 0. The lowest BCUT2D eigenvalue weighted by Crippen LogP contribution is -2.02. The molecule has 0 aliphatic rings. The van der Waals surface area contributed by atoms with Crippen LogP contribution in [-0.2, 0) is 4.74 Å². The first-order valence-electron chi connectivity index (χ1n) is 7.07. The van der Waals surface area contributed by atoms with E-state index in [0.717, 1.165) is 22.0 Å². The Morgan fingerprint density at radius 3 is 2.20 bits per heavy atom. The first kappa shape index (κ1) is 18.1. The zero-order valence-electron chi connectivity index (χ0n) is 13.6. The fourth-order valence-corrected chi connectivity index (χ4v) is 1.78. The molecule has 0 spiro atoms. The number of pyridine rings is 1. The van der Waals surface area contributed by atoms with Crippen molar-refractivity contribution in [1.82, 2.24) is 4.98 Å². The Labute approximate surface area is 122 Å². The Morgan fingerprint density at radius 2 is 1.65 bits per heavy atom. The van der Waals surface area contributed by atoms with Gasteiger partial charge in [0.25, 0.3) is 0 Å². The predicted molar refractivity (Wildman–Crippen MR) is 85.3 cm³/mol. The van der Waals surface area contributed by atoms with Gasteiger partial charge in [-0.25, -0.2) is 4.79 Å². The summed E-state index contributed by atoms with van der Waals surface area (Å²) < 4.78 is 4.71. The maximum atomic E-state index is 11.5. The molecule has 0 bridgehead atoms. The van der Waals surface area contributed by atoms with E-state index in [1.165, 1.54) is 7.11 Å². The molecule has 110 valence electrons. The van der Waals surface area contributed by atoms with Crippen LogP contribution in [0, 0.1) is 13.8 Å². The van der Waals surface area contributed by atoms with Gasteiger partial charge in [0, 0.05) is 11.6 Å². The summed E-state index contributed by atoms with van der Waals surface area (Å²) in [4.78, 5) is 15.8. The molecule has 3 heteroatoms. The van der Waals surface area contributed by atoms with Crippen LogP contribution in [0.5, 0.6) is 0 Å². The van der Waals surface area contributed by atoms with Crippen LogP contribution in [0.15, 0.2) is 24.4 Å². The van der Waals surface area contributed by atoms with Crippen molar-refractivity contribution in [2.45, 2.75) is 41.5 Å². The van der Waals surface area contributed by atoms with E-state index in [2.05, 4.69) is 4.98 Å². The summed E-state index contributed by atoms with van der Waals surface area (Å²) >= 11 is 0. The molecular formula is C17H25NO2. The molecule has 1 aromatic carbocycles. The van der Waals surface area contributed by atoms with Crippen LogP contribution in [0.25, 0.3) is 10.9 Å². The minimum Gasteiger partial charge on any atom is -0.465 e. The molecule has 0 aliphatic carbocycles. The van der Waals surface area contributed by atoms with E-state index in [9.17, 15) is 4.79 Å². The number of aromatic nitrogens is 1. The number of methoxy groups -OCH3 is 1. The Hall–Kier alpha value is -1.90. The first-order chi connectivity index (χ1) is 9.61. The van der Waals surface area contributed by atoms with Crippen molar-refractivity contribution in [1.29, 1.82) is 0 Å². The topological polar surface area (TPSA) is 39.2 Å². The standard InChI is InChI=1S/C13H13NO2.2C2H6/c1-8-4-10-6-11(13(15)16-3)5-9(2)12(10)14-7-8;2*1-2/h4-7H,1-3H3;2*1-2H3. The van der Waals surface area contributed by atoms with Crippen molar-refractivity contribution in [3.8, 4) is 0 Å². The number of carbonyl (C=O) groups excluding carboxylic acids is 1. The molecule has 0 saturated carbocycles. The number of fused-ring (bicyclic) bond motifs is 1. The third-order valence-corrected chi connectivity index (χ3v) is 2.53. The molecule has 1 heterocycles. The van der Waals surface area contributed by atoms with E-state index in [-0.39, 0.29) is 5.97 Å². The summed E-state index contributed by atoms with van der Waals surface area (Å²) in [5.74, 6) is -0.313. The quantitative estimate of drug-likeness (QED) is 0.709. The number of benzene rings is 1. The van der Waals surface area contributed by atoms with Crippen LogP contribution in [0.1, 0.15) is 49.2 Å². The third-order valence-electron chi connectivity index (χ3n) is 2.53. The third kappa shape index (κ3) is 4.34. The lowest BCUT2D eigenvalue weighted by molar-refractivity contribution is 0.0601. The Bertz CT molecular complexity index is 562. The normalized spacial score (nSPS) is 8.95. The largest absolute Gasteiger partial charge is 0.465 e. The van der Waals surface area contributed by atoms with Crippen LogP contribution in [0.2, 0.25) is 0 Å². The fourth-order valence-electron chi connectivity index (χ4n) is 1.78. The summed E-state index contributed by atoms with van der Waals surface area (Å²) in [6.45, 7) is 11.9. The molecule has 0 N–H and O–H groups in total. The van der Waals surface area contributed by atoms with E-state index in [1.54, 1.807) is 6.07 Å². The van der Waals surface area contributed by atoms with Gasteiger partial charge in [-0.05, 0) is 43.2 Å². The van der Waals surface area contributed by atoms with Gasteiger partial charge in [-0.2, -0.15) is 0 Å². The molecule has 0 atom stereocenters. The smallest absolute Gasteiger partial charge is 0.337 e. The SMILES string of the molecule is CC.CC.COC(=O)c1cc(C)c2ncc(C)cc2c1. The van der Waals surface area contributed by atoms with Crippen molar-refractivity contribution in [2.75, 3.05) is 7.11 Å². The highest BCUT2D eigenvalue weighted by Gasteiger charge is 2.09. The number of nitrogens with zero attached hydrogens (tertiary/aromatic N) is 1. The highest BCUT2D eigenvalue weighted by atomic mass is 16.5. The summed E-state index contributed by atoms with van der Waals surface area (Å²) in [5.41, 5.74) is 3.56. The zero-order valence-corrected chi connectivity index (χ0v) is 13.6. The van der Waals surface area contributed by atoms with E-state index in [1.807, 2.05) is 59.9 Å². The van der Waals surface area contributed by atoms with Gasteiger partial charge < -0.3 is 4.74 Å². The van der Waals surface area contributed by atoms with Gasteiger partial charge in [0.2, 0.25) is 0 Å². The Kier molecular flexibility index (Phi) is 8.21. The van der Waals surface area contributed by atoms with Gasteiger partial charge in [0.1, 0.15) is 0 Å². The minimum atomic E-state index is -0.313. The molecule has 3 nitrogen and oxygen atoms in total. The molecule has 0 amide bonds. The first-order valence-corrected chi connectivity index (χ1v) is 7.07. The maximum absolute atomic E-state index is 11.5. The molecule has 2 aromatic rings. The molecule has 0 fully saturated rings. The number of aryl methyl sites for hydroxylation is 2. The number of rotatable bonds is 1. The maximum Gasteiger partial charge on any atom is 0.337 e. The molecule has 0 saturated heterocycles. The highest BCUT2D eigenvalue weighted by molar-refractivity contribution is 5.95. The monoisotopic (exact) mass is 275 g/mol. The highest BCUT2D eigenvalue weighted by Crippen LogP contribution is 2.20. The van der Waals surface area contributed by atoms with Crippen molar-refractivity contribution in [3.63, 3.8) is 0 Å². The second-order valence-corrected chi connectivity index (χ2v) is 3.87. The molecule has 0 unspecified atom stereocenters. The number of ether oxygens (including phenoxy) is 1. The Morgan fingerprint density at radius 1 is 1.05 bits per heavy atom. The Balaban J connectivity index is 0.000000829. The molecule has 2 rings (SSSR count). The molecule has 20 heavy (non-hydrogen) atoms. The van der Waals surface area contributed by atoms with Crippen molar-refractivity contribution in [3.05, 3.63) is 41.1 Å². The van der Waals surface area contributed by atoms with Gasteiger partial charge in [0.15, 0.2) is 0 Å². The van der Waals surface area contributed by atoms with E-state index in [0.29, 0.717) is 5.56 Å². The summed E-state index contributed by atoms with van der Waals surface area (Å²) in [5, 5.41) is 0.973. The second-order valence-electron chi connectivity index (χ2n) is 3.87. The number of carbonyl (C=O) groups is 1. The van der Waals surface area contributed by atoms with Gasteiger partial charge in [-0.1, -0.05) is 27.7 Å². The fraction of sp³-hybridized carbons (Fsp3) is 0.412. The van der Waals surface area contributed by atoms with Crippen LogP contribution < -0.4 is 0 Å². The average Bonchev–Trinajstić information content (AvgIpc) is 2.50. The van der Waals surface area contributed by atoms with Crippen LogP contribution >= 0.6 is 0 Å². The summed E-state index contributed by atoms with van der Waals surface area (Å²) in [6.07, 6.45) is 1.83.